The van der Waals surface area contributed by atoms with E-state index in [1.165, 1.54) is 12.1 Å². The molecular weight excluding hydrogens is 422 g/mol. The molecule has 3 rings (SSSR count). The number of alkyl halides is 1. The Morgan fingerprint density at radius 1 is 1.14 bits per heavy atom. The van der Waals surface area contributed by atoms with Gasteiger partial charge in [-0.05, 0) is 56.1 Å². The van der Waals surface area contributed by atoms with Gasteiger partial charge in [0.05, 0.1) is 16.7 Å². The molecule has 0 saturated carbocycles. The summed E-state index contributed by atoms with van der Waals surface area (Å²) < 4.78 is 17.3. The van der Waals surface area contributed by atoms with Gasteiger partial charge in [0.1, 0.15) is 11.6 Å². The predicted molar refractivity (Wildman–Crippen MR) is 90.9 cm³/mol. The Morgan fingerprint density at radius 2 is 1.86 bits per heavy atom. The van der Waals surface area contributed by atoms with Crippen LogP contribution in [0.5, 0.6) is 0 Å². The third kappa shape index (κ3) is 2.74. The molecule has 0 aliphatic rings. The lowest BCUT2D eigenvalue weighted by molar-refractivity contribution is 0.629. The Balaban J connectivity index is 2.36. The second kappa shape index (κ2) is 6.07. The van der Waals surface area contributed by atoms with Crippen LogP contribution in [0, 0.1) is 5.82 Å². The van der Waals surface area contributed by atoms with Gasteiger partial charge in [-0.15, -0.1) is 11.6 Å². The standard InChI is InChI=1S/C15H10Br2ClFN2/c16-10-2-1-3-11(17)15(10)21-13-5-4-9(19)8-12(13)20-14(21)6-7-18/h1-5,8H,6-7H2. The van der Waals surface area contributed by atoms with Crippen LogP contribution in [0.3, 0.4) is 0 Å². The molecule has 2 aromatic carbocycles. The number of fused-ring (bicyclic) bond motifs is 1. The monoisotopic (exact) mass is 430 g/mol. The van der Waals surface area contributed by atoms with Crippen molar-refractivity contribution >= 4 is 54.5 Å². The van der Waals surface area contributed by atoms with Crippen LogP contribution in [-0.4, -0.2) is 15.4 Å². The number of aromatic nitrogens is 2. The summed E-state index contributed by atoms with van der Waals surface area (Å²) in [6.07, 6.45) is 0.603. The van der Waals surface area contributed by atoms with Crippen molar-refractivity contribution in [3.8, 4) is 5.69 Å². The van der Waals surface area contributed by atoms with Crippen molar-refractivity contribution in [2.45, 2.75) is 6.42 Å². The Hall–Kier alpha value is -0.910. The van der Waals surface area contributed by atoms with Crippen LogP contribution < -0.4 is 0 Å². The summed E-state index contributed by atoms with van der Waals surface area (Å²) >= 11 is 13.0. The normalized spacial score (nSPS) is 11.2. The third-order valence-corrected chi connectivity index (χ3v) is 4.63. The summed E-state index contributed by atoms with van der Waals surface area (Å²) in [6.45, 7) is 0. The Kier molecular flexibility index (Phi) is 4.33. The second-order valence-electron chi connectivity index (χ2n) is 4.51. The highest BCUT2D eigenvalue weighted by atomic mass is 79.9. The maximum atomic E-state index is 13.4. The molecule has 108 valence electrons. The van der Waals surface area contributed by atoms with Gasteiger partial charge in [-0.2, -0.15) is 0 Å². The fourth-order valence-electron chi connectivity index (χ4n) is 2.31. The molecule has 0 spiro atoms. The molecule has 0 bridgehead atoms. The summed E-state index contributed by atoms with van der Waals surface area (Å²) in [5, 5.41) is 0. The van der Waals surface area contributed by atoms with E-state index >= 15 is 0 Å². The van der Waals surface area contributed by atoms with Gasteiger partial charge in [0.15, 0.2) is 0 Å². The van der Waals surface area contributed by atoms with Crippen molar-refractivity contribution < 1.29 is 4.39 Å². The highest BCUT2D eigenvalue weighted by Gasteiger charge is 2.16. The van der Waals surface area contributed by atoms with Crippen LogP contribution >= 0.6 is 43.5 Å². The first-order valence-electron chi connectivity index (χ1n) is 6.29. The van der Waals surface area contributed by atoms with E-state index in [-0.39, 0.29) is 5.82 Å². The summed E-state index contributed by atoms with van der Waals surface area (Å²) in [5.41, 5.74) is 2.41. The van der Waals surface area contributed by atoms with E-state index in [4.69, 9.17) is 11.6 Å². The average molecular weight is 433 g/mol. The molecule has 0 aliphatic carbocycles. The number of rotatable bonds is 3. The number of aryl methyl sites for hydroxylation is 1. The average Bonchev–Trinajstić information content (AvgIpc) is 2.77. The van der Waals surface area contributed by atoms with Crippen molar-refractivity contribution in [1.29, 1.82) is 0 Å². The molecule has 3 aromatic rings. The molecule has 0 unspecified atom stereocenters. The summed E-state index contributed by atoms with van der Waals surface area (Å²) in [4.78, 5) is 4.52. The van der Waals surface area contributed by atoms with Gasteiger partial charge in [0.25, 0.3) is 0 Å². The number of benzene rings is 2. The molecule has 0 atom stereocenters. The molecule has 1 heterocycles. The predicted octanol–water partition coefficient (Wildman–Crippen LogP) is 5.47. The van der Waals surface area contributed by atoms with E-state index in [1.54, 1.807) is 6.07 Å². The fourth-order valence-corrected chi connectivity index (χ4v) is 3.83. The molecule has 0 fully saturated rings. The molecule has 0 radical (unpaired) electrons. The molecule has 0 aliphatic heterocycles. The van der Waals surface area contributed by atoms with Crippen LogP contribution in [-0.2, 0) is 6.42 Å². The van der Waals surface area contributed by atoms with E-state index in [2.05, 4.69) is 36.8 Å². The number of halogens is 4. The van der Waals surface area contributed by atoms with Crippen molar-refractivity contribution in [2.75, 3.05) is 5.88 Å². The minimum atomic E-state index is -0.296. The molecule has 0 saturated heterocycles. The first kappa shape index (κ1) is 15.0. The fraction of sp³-hybridized carbons (Fsp3) is 0.133. The van der Waals surface area contributed by atoms with E-state index in [0.29, 0.717) is 17.8 Å². The van der Waals surface area contributed by atoms with Crippen molar-refractivity contribution in [1.82, 2.24) is 9.55 Å². The van der Waals surface area contributed by atoms with Crippen LogP contribution in [0.15, 0.2) is 45.3 Å². The first-order valence-corrected chi connectivity index (χ1v) is 8.41. The molecule has 0 amide bonds. The Bertz CT molecular complexity index is 797. The van der Waals surface area contributed by atoms with Gasteiger partial charge < -0.3 is 0 Å². The zero-order valence-corrected chi connectivity index (χ0v) is 14.7. The van der Waals surface area contributed by atoms with Gasteiger partial charge in [0.2, 0.25) is 0 Å². The Labute approximate surface area is 143 Å². The second-order valence-corrected chi connectivity index (χ2v) is 6.59. The van der Waals surface area contributed by atoms with Crippen molar-refractivity contribution in [3.05, 3.63) is 57.0 Å². The maximum Gasteiger partial charge on any atom is 0.125 e. The molecule has 1 aromatic heterocycles. The quantitative estimate of drug-likeness (QED) is 0.502. The first-order chi connectivity index (χ1) is 10.1. The topological polar surface area (TPSA) is 17.8 Å². The summed E-state index contributed by atoms with van der Waals surface area (Å²) in [7, 11) is 0. The van der Waals surface area contributed by atoms with Gasteiger partial charge in [-0.3, -0.25) is 4.57 Å². The van der Waals surface area contributed by atoms with Crippen molar-refractivity contribution in [3.63, 3.8) is 0 Å². The summed E-state index contributed by atoms with van der Waals surface area (Å²) in [5.74, 6) is 0.961. The molecular formula is C15H10Br2ClFN2. The van der Waals surface area contributed by atoms with Crippen LogP contribution in [0.4, 0.5) is 4.39 Å². The lowest BCUT2D eigenvalue weighted by Crippen LogP contribution is -2.04. The molecule has 2 nitrogen and oxygen atoms in total. The number of hydrogen-bond acceptors (Lipinski definition) is 1. The van der Waals surface area contributed by atoms with Gasteiger partial charge in [0, 0.05) is 27.3 Å². The Morgan fingerprint density at radius 3 is 2.52 bits per heavy atom. The van der Waals surface area contributed by atoms with E-state index in [0.717, 1.165) is 26.0 Å². The molecule has 0 N–H and O–H groups in total. The minimum absolute atomic E-state index is 0.296. The number of nitrogens with zero attached hydrogens (tertiary/aromatic N) is 2. The lowest BCUT2D eigenvalue weighted by Gasteiger charge is -2.12. The number of para-hydroxylation sites is 1. The van der Waals surface area contributed by atoms with Crippen LogP contribution in [0.1, 0.15) is 5.82 Å². The largest absolute Gasteiger partial charge is 0.294 e. The third-order valence-electron chi connectivity index (χ3n) is 3.17. The molecule has 6 heteroatoms. The van der Waals surface area contributed by atoms with E-state index in [1.807, 2.05) is 22.8 Å². The van der Waals surface area contributed by atoms with Gasteiger partial charge >= 0.3 is 0 Å². The van der Waals surface area contributed by atoms with E-state index in [9.17, 15) is 4.39 Å². The summed E-state index contributed by atoms with van der Waals surface area (Å²) in [6, 6.07) is 10.5. The van der Waals surface area contributed by atoms with Gasteiger partial charge in [-0.25, -0.2) is 9.37 Å². The van der Waals surface area contributed by atoms with Gasteiger partial charge in [-0.1, -0.05) is 6.07 Å². The zero-order valence-electron chi connectivity index (χ0n) is 10.8. The van der Waals surface area contributed by atoms with Crippen molar-refractivity contribution in [2.24, 2.45) is 0 Å². The van der Waals surface area contributed by atoms with E-state index < -0.39 is 0 Å². The van der Waals surface area contributed by atoms with Crippen LogP contribution in [0.25, 0.3) is 16.7 Å². The number of imidazole rings is 1. The number of hydrogen-bond donors (Lipinski definition) is 0. The minimum Gasteiger partial charge on any atom is -0.294 e. The highest BCUT2D eigenvalue weighted by molar-refractivity contribution is 9.11. The smallest absolute Gasteiger partial charge is 0.125 e. The molecule has 21 heavy (non-hydrogen) atoms. The SMILES string of the molecule is Fc1ccc2c(c1)nc(CCCl)n2-c1c(Br)cccc1Br. The lowest BCUT2D eigenvalue weighted by atomic mass is 10.2. The van der Waals surface area contributed by atoms with Crippen LogP contribution in [0.2, 0.25) is 0 Å². The highest BCUT2D eigenvalue weighted by Crippen LogP contribution is 2.33. The maximum absolute atomic E-state index is 13.4. The zero-order chi connectivity index (χ0) is 15.0.